The van der Waals surface area contributed by atoms with Crippen LogP contribution in [0.4, 0.5) is 0 Å². The zero-order valence-corrected chi connectivity index (χ0v) is 13.4. The van der Waals surface area contributed by atoms with E-state index in [-0.39, 0.29) is 24.4 Å². The highest BCUT2D eigenvalue weighted by Crippen LogP contribution is 2.27. The van der Waals surface area contributed by atoms with Gasteiger partial charge in [-0.2, -0.15) is 0 Å². The molecule has 1 N–H and O–H groups in total. The minimum absolute atomic E-state index is 0.00853. The minimum Gasteiger partial charge on any atom is -0.494 e. The molecule has 0 spiro atoms. The van der Waals surface area contributed by atoms with Gasteiger partial charge in [-0.25, -0.2) is 0 Å². The van der Waals surface area contributed by atoms with Crippen molar-refractivity contribution in [3.8, 4) is 11.5 Å². The summed E-state index contributed by atoms with van der Waals surface area (Å²) in [6.45, 7) is 3.02. The monoisotopic (exact) mass is 321 g/mol. The molecule has 0 aliphatic heterocycles. The normalized spacial score (nSPS) is 13.8. The van der Waals surface area contributed by atoms with Gasteiger partial charge in [0.25, 0.3) is 5.91 Å². The van der Waals surface area contributed by atoms with Crippen LogP contribution < -0.4 is 14.8 Å². The molecule has 6 nitrogen and oxygen atoms in total. The lowest BCUT2D eigenvalue weighted by Gasteiger charge is -2.22. The second-order valence-corrected chi connectivity index (χ2v) is 5.34. The van der Waals surface area contributed by atoms with Gasteiger partial charge < -0.3 is 19.5 Å². The first-order valence-electron chi connectivity index (χ1n) is 7.98. The van der Waals surface area contributed by atoms with Gasteiger partial charge in [-0.1, -0.05) is 6.42 Å². The Labute approximate surface area is 136 Å². The van der Waals surface area contributed by atoms with Crippen LogP contribution in [0, 0.1) is 5.92 Å². The third-order valence-corrected chi connectivity index (χ3v) is 3.61. The summed E-state index contributed by atoms with van der Waals surface area (Å²) >= 11 is 0. The van der Waals surface area contributed by atoms with E-state index in [0.29, 0.717) is 25.5 Å². The molecule has 0 radical (unpaired) electrons. The maximum atomic E-state index is 11.5. The van der Waals surface area contributed by atoms with E-state index in [1.54, 1.807) is 0 Å². The third kappa shape index (κ3) is 5.81. The van der Waals surface area contributed by atoms with E-state index in [2.05, 4.69) is 5.32 Å². The highest BCUT2D eigenvalue weighted by atomic mass is 16.5. The Morgan fingerprint density at radius 2 is 1.78 bits per heavy atom. The Morgan fingerprint density at radius 1 is 1.13 bits per heavy atom. The van der Waals surface area contributed by atoms with E-state index in [0.717, 1.165) is 25.0 Å². The zero-order valence-electron chi connectivity index (χ0n) is 13.4. The van der Waals surface area contributed by atoms with Gasteiger partial charge >= 0.3 is 5.97 Å². The van der Waals surface area contributed by atoms with Crippen LogP contribution in [-0.2, 0) is 14.3 Å². The molecule has 1 aliphatic rings. The maximum Gasteiger partial charge on any atom is 0.309 e. The van der Waals surface area contributed by atoms with Gasteiger partial charge in [0, 0.05) is 0 Å². The Bertz CT molecular complexity index is 510. The van der Waals surface area contributed by atoms with E-state index in [4.69, 9.17) is 14.2 Å². The van der Waals surface area contributed by atoms with Crippen molar-refractivity contribution in [3.05, 3.63) is 24.3 Å². The van der Waals surface area contributed by atoms with E-state index < -0.39 is 0 Å². The van der Waals surface area contributed by atoms with Gasteiger partial charge in [0.15, 0.2) is 6.61 Å². The van der Waals surface area contributed by atoms with Gasteiger partial charge in [0.2, 0.25) is 0 Å². The number of ether oxygens (including phenoxy) is 3. The van der Waals surface area contributed by atoms with Crippen LogP contribution in [0.25, 0.3) is 0 Å². The average Bonchev–Trinajstić information content (AvgIpc) is 2.50. The van der Waals surface area contributed by atoms with Gasteiger partial charge in [-0.3, -0.25) is 9.59 Å². The van der Waals surface area contributed by atoms with Crippen molar-refractivity contribution < 1.29 is 23.8 Å². The predicted molar refractivity (Wildman–Crippen MR) is 84.4 cm³/mol. The number of carbonyl (C=O) groups is 2. The lowest BCUT2D eigenvalue weighted by molar-refractivity contribution is -0.155. The first kappa shape index (κ1) is 17.1. The summed E-state index contributed by atoms with van der Waals surface area (Å²) in [5, 5.41) is 2.65. The minimum atomic E-state index is -0.312. The quantitative estimate of drug-likeness (QED) is 0.556. The first-order valence-corrected chi connectivity index (χ1v) is 7.98. The summed E-state index contributed by atoms with van der Waals surface area (Å²) in [6, 6.07) is 7.29. The Hall–Kier alpha value is -2.24. The first-order chi connectivity index (χ1) is 11.2. The van der Waals surface area contributed by atoms with Gasteiger partial charge in [0.1, 0.15) is 18.1 Å². The number of nitrogens with one attached hydrogen (secondary N) is 1. The molecule has 0 aromatic heterocycles. The molecule has 0 heterocycles. The Morgan fingerprint density at radius 3 is 2.35 bits per heavy atom. The van der Waals surface area contributed by atoms with Crippen molar-refractivity contribution in [1.82, 2.24) is 5.32 Å². The molecule has 0 bridgehead atoms. The topological polar surface area (TPSA) is 73.9 Å². The summed E-state index contributed by atoms with van der Waals surface area (Å²) in [6.07, 6.45) is 2.81. The van der Waals surface area contributed by atoms with Crippen LogP contribution in [0.15, 0.2) is 24.3 Å². The molecule has 0 unspecified atom stereocenters. The molecule has 2 rings (SSSR count). The van der Waals surface area contributed by atoms with Crippen LogP contribution >= 0.6 is 0 Å². The highest BCUT2D eigenvalue weighted by Gasteiger charge is 2.26. The van der Waals surface area contributed by atoms with Crippen LogP contribution in [0.5, 0.6) is 11.5 Å². The molecule has 1 fully saturated rings. The molecular formula is C17H23NO5. The van der Waals surface area contributed by atoms with Gasteiger partial charge in [-0.15, -0.1) is 0 Å². The fourth-order valence-electron chi connectivity index (χ4n) is 2.11. The molecule has 1 aromatic rings. The second kappa shape index (κ2) is 9.02. The summed E-state index contributed by atoms with van der Waals surface area (Å²) in [7, 11) is 0. The van der Waals surface area contributed by atoms with Crippen molar-refractivity contribution in [2.24, 2.45) is 5.92 Å². The summed E-state index contributed by atoms with van der Waals surface area (Å²) in [5.41, 5.74) is 0. The number of hydrogen-bond donors (Lipinski definition) is 1. The molecule has 23 heavy (non-hydrogen) atoms. The van der Waals surface area contributed by atoms with E-state index in [9.17, 15) is 9.59 Å². The number of hydrogen-bond acceptors (Lipinski definition) is 5. The van der Waals surface area contributed by atoms with Crippen molar-refractivity contribution in [1.29, 1.82) is 0 Å². The molecule has 1 aromatic carbocycles. The van der Waals surface area contributed by atoms with Gasteiger partial charge in [-0.05, 0) is 44.0 Å². The molecule has 6 heteroatoms. The smallest absolute Gasteiger partial charge is 0.309 e. The Kier molecular flexibility index (Phi) is 6.72. The molecular weight excluding hydrogens is 298 g/mol. The predicted octanol–water partition coefficient (Wildman–Crippen LogP) is 1.92. The lowest BCUT2D eigenvalue weighted by Crippen LogP contribution is -2.34. The number of rotatable bonds is 9. The fraction of sp³-hybridized carbons (Fsp3) is 0.529. The number of amides is 1. The van der Waals surface area contributed by atoms with Crippen LogP contribution in [0.2, 0.25) is 0 Å². The lowest BCUT2D eigenvalue weighted by atomic mass is 9.86. The summed E-state index contributed by atoms with van der Waals surface area (Å²) in [5.74, 6) is 0.913. The largest absolute Gasteiger partial charge is 0.494 e. The van der Waals surface area contributed by atoms with Crippen LogP contribution in [0.1, 0.15) is 26.2 Å². The third-order valence-electron chi connectivity index (χ3n) is 3.61. The van der Waals surface area contributed by atoms with Crippen molar-refractivity contribution in [2.75, 3.05) is 26.4 Å². The zero-order chi connectivity index (χ0) is 16.5. The van der Waals surface area contributed by atoms with Crippen LogP contribution in [0.3, 0.4) is 0 Å². The SMILES string of the molecule is CCOc1ccc(OCCNC(=O)COC(=O)C2CCC2)cc1. The molecule has 126 valence electrons. The number of benzene rings is 1. The van der Waals surface area contributed by atoms with E-state index in [1.807, 2.05) is 31.2 Å². The van der Waals surface area contributed by atoms with E-state index in [1.165, 1.54) is 0 Å². The molecule has 0 atom stereocenters. The van der Waals surface area contributed by atoms with Crippen molar-refractivity contribution in [2.45, 2.75) is 26.2 Å². The van der Waals surface area contributed by atoms with Crippen molar-refractivity contribution in [3.63, 3.8) is 0 Å². The number of esters is 1. The fourth-order valence-corrected chi connectivity index (χ4v) is 2.11. The van der Waals surface area contributed by atoms with Crippen LogP contribution in [-0.4, -0.2) is 38.2 Å². The second-order valence-electron chi connectivity index (χ2n) is 5.34. The van der Waals surface area contributed by atoms with Crippen molar-refractivity contribution >= 4 is 11.9 Å². The van der Waals surface area contributed by atoms with Gasteiger partial charge in [0.05, 0.1) is 19.1 Å². The highest BCUT2D eigenvalue weighted by molar-refractivity contribution is 5.81. The molecule has 1 saturated carbocycles. The molecule has 0 saturated heterocycles. The Balaban J connectivity index is 1.55. The summed E-state index contributed by atoms with van der Waals surface area (Å²) < 4.78 is 15.8. The maximum absolute atomic E-state index is 11.5. The number of carbonyl (C=O) groups excluding carboxylic acids is 2. The molecule has 1 amide bonds. The van der Waals surface area contributed by atoms with E-state index >= 15 is 0 Å². The summed E-state index contributed by atoms with van der Waals surface area (Å²) in [4.78, 5) is 23.0. The average molecular weight is 321 g/mol. The standard InChI is InChI=1S/C17H23NO5/c1-2-21-14-6-8-15(9-7-14)22-11-10-18-16(19)12-23-17(20)13-4-3-5-13/h6-9,13H,2-5,10-12H2,1H3,(H,18,19). The molecule has 1 aliphatic carbocycles.